The van der Waals surface area contributed by atoms with Crippen molar-refractivity contribution < 1.29 is 4.85 Å². The first-order valence-corrected chi connectivity index (χ1v) is 11.2. The van der Waals surface area contributed by atoms with Gasteiger partial charge in [-0.1, -0.05) is 84.9 Å². The van der Waals surface area contributed by atoms with E-state index in [-0.39, 0.29) is 0 Å². The second-order valence-electron chi connectivity index (χ2n) is 8.06. The van der Waals surface area contributed by atoms with Crippen molar-refractivity contribution in [2.45, 2.75) is 13.8 Å². The molecule has 6 aromatic rings. The summed E-state index contributed by atoms with van der Waals surface area (Å²) in [5.41, 5.74) is 6.87. The minimum absolute atomic E-state index is 0.451. The van der Waals surface area contributed by atoms with Gasteiger partial charge in [0.2, 0.25) is 5.82 Å². The largest absolute Gasteiger partial charge is 0.594 e. The monoisotopic (exact) mass is 458 g/mol. The normalized spacial score (nSPS) is 10.7. The third-order valence-corrected chi connectivity index (χ3v) is 5.58. The summed E-state index contributed by atoms with van der Waals surface area (Å²) in [4.78, 5) is 9.68. The highest BCUT2D eigenvalue weighted by Gasteiger charge is 2.13. The highest BCUT2D eigenvalue weighted by Crippen LogP contribution is 2.19. The predicted octanol–water partition coefficient (Wildman–Crippen LogP) is 5.24. The molecular formula is C28H22N6O. The van der Waals surface area contributed by atoms with Gasteiger partial charge in [0, 0.05) is 22.3 Å². The standard InChI is InChI=1S/C14H11N3O.C14H11N3/c1-10-6-5-9-12-13(10)15-14(16-17(12)18)11-7-3-2-4-8-11;1-10-6-5-9-12-13(10)15-14(17-16-12)11-7-3-2-4-8-11/h2-9H,1H3;2-9H,1H3. The number of fused-ring (bicyclic) bond motifs is 2. The molecule has 0 aliphatic carbocycles. The van der Waals surface area contributed by atoms with E-state index in [1.54, 1.807) is 6.07 Å². The molecule has 0 aliphatic rings. The molecule has 0 bridgehead atoms. The van der Waals surface area contributed by atoms with E-state index in [1.165, 1.54) is 0 Å². The average Bonchev–Trinajstić information content (AvgIpc) is 2.91. The SMILES string of the molecule is Cc1cccc2c1nc(-c1ccccc1)n[n+]2[O-].Cc1cccc2nnc(-c3ccccc3)nc12. The van der Waals surface area contributed by atoms with Crippen molar-refractivity contribution in [2.24, 2.45) is 0 Å². The van der Waals surface area contributed by atoms with E-state index in [9.17, 15) is 5.21 Å². The number of aromatic nitrogens is 6. The third kappa shape index (κ3) is 4.65. The van der Waals surface area contributed by atoms with Crippen LogP contribution in [0.1, 0.15) is 11.1 Å². The number of aryl methyl sites for hydroxylation is 2. The van der Waals surface area contributed by atoms with Crippen LogP contribution in [0, 0.1) is 19.1 Å². The number of rotatable bonds is 2. The molecule has 0 unspecified atom stereocenters. The molecular weight excluding hydrogens is 436 g/mol. The minimum Gasteiger partial charge on any atom is -0.594 e. The van der Waals surface area contributed by atoms with Crippen LogP contribution in [0.5, 0.6) is 0 Å². The second-order valence-corrected chi connectivity index (χ2v) is 8.06. The number of benzene rings is 4. The maximum atomic E-state index is 11.9. The number of nitrogens with zero attached hydrogens (tertiary/aromatic N) is 6. The smallest absolute Gasteiger partial charge is 0.270 e. The molecule has 6 rings (SSSR count). The zero-order valence-electron chi connectivity index (χ0n) is 19.3. The molecule has 170 valence electrons. The molecule has 35 heavy (non-hydrogen) atoms. The lowest BCUT2D eigenvalue weighted by Gasteiger charge is -2.04. The summed E-state index contributed by atoms with van der Waals surface area (Å²) in [6.07, 6.45) is 0. The van der Waals surface area contributed by atoms with E-state index in [1.807, 2.05) is 105 Å². The lowest BCUT2D eigenvalue weighted by molar-refractivity contribution is -0.642. The summed E-state index contributed by atoms with van der Waals surface area (Å²) in [5.74, 6) is 1.12. The van der Waals surface area contributed by atoms with E-state index >= 15 is 0 Å². The summed E-state index contributed by atoms with van der Waals surface area (Å²) in [6.45, 7) is 3.97. The van der Waals surface area contributed by atoms with Crippen LogP contribution in [0.3, 0.4) is 0 Å². The predicted molar refractivity (Wildman–Crippen MR) is 136 cm³/mol. The molecule has 7 heteroatoms. The molecule has 0 aliphatic heterocycles. The Bertz CT molecular complexity index is 1620. The minimum atomic E-state index is 0.451. The topological polar surface area (TPSA) is 91.4 Å². The van der Waals surface area contributed by atoms with Crippen molar-refractivity contribution in [2.75, 3.05) is 0 Å². The van der Waals surface area contributed by atoms with Crippen molar-refractivity contribution in [1.82, 2.24) is 25.3 Å². The Kier molecular flexibility index (Phi) is 6.05. The zero-order valence-corrected chi connectivity index (χ0v) is 19.3. The molecule has 4 aromatic carbocycles. The molecule has 7 nitrogen and oxygen atoms in total. The van der Waals surface area contributed by atoms with E-state index in [0.29, 0.717) is 27.5 Å². The lowest BCUT2D eigenvalue weighted by Crippen LogP contribution is -2.33. The Hall–Kier alpha value is -4.78. The molecule has 0 saturated carbocycles. The van der Waals surface area contributed by atoms with Gasteiger partial charge >= 0.3 is 0 Å². The molecule has 2 heterocycles. The van der Waals surface area contributed by atoms with Crippen LogP contribution < -0.4 is 4.85 Å². The molecule has 0 radical (unpaired) electrons. The first-order chi connectivity index (χ1) is 17.1. The van der Waals surface area contributed by atoms with Gasteiger partial charge in [0.15, 0.2) is 5.82 Å². The first-order valence-electron chi connectivity index (χ1n) is 11.2. The van der Waals surface area contributed by atoms with Gasteiger partial charge < -0.3 is 5.21 Å². The quantitative estimate of drug-likeness (QED) is 0.260. The number of para-hydroxylation sites is 2. The van der Waals surface area contributed by atoms with Crippen molar-refractivity contribution in [3.8, 4) is 22.8 Å². The Balaban J connectivity index is 0.000000145. The van der Waals surface area contributed by atoms with Crippen LogP contribution in [0.15, 0.2) is 97.1 Å². The molecule has 0 atom stereocenters. The van der Waals surface area contributed by atoms with Gasteiger partial charge in [-0.05, 0) is 35.9 Å². The van der Waals surface area contributed by atoms with Crippen LogP contribution in [-0.2, 0) is 0 Å². The summed E-state index contributed by atoms with van der Waals surface area (Å²) in [7, 11) is 0. The number of hydrogen-bond donors (Lipinski definition) is 0. The van der Waals surface area contributed by atoms with Gasteiger partial charge in [-0.15, -0.1) is 10.2 Å². The highest BCUT2D eigenvalue weighted by molar-refractivity contribution is 5.79. The zero-order chi connectivity index (χ0) is 24.2. The Morgan fingerprint density at radius 3 is 1.83 bits per heavy atom. The fourth-order valence-electron chi connectivity index (χ4n) is 3.73. The molecule has 2 aromatic heterocycles. The highest BCUT2D eigenvalue weighted by atomic mass is 16.5. The van der Waals surface area contributed by atoms with E-state index in [4.69, 9.17) is 0 Å². The van der Waals surface area contributed by atoms with Gasteiger partial charge in [0.25, 0.3) is 5.52 Å². The Morgan fingerprint density at radius 2 is 1.14 bits per heavy atom. The Labute approximate surface area is 202 Å². The fraction of sp³-hybridized carbons (Fsp3) is 0.0714. The fourth-order valence-corrected chi connectivity index (χ4v) is 3.73. The van der Waals surface area contributed by atoms with E-state index < -0.39 is 0 Å². The van der Waals surface area contributed by atoms with E-state index in [2.05, 4.69) is 25.3 Å². The average molecular weight is 459 g/mol. The lowest BCUT2D eigenvalue weighted by atomic mass is 10.2. The van der Waals surface area contributed by atoms with Crippen molar-refractivity contribution >= 4 is 22.1 Å². The summed E-state index contributed by atoms with van der Waals surface area (Å²) in [5, 5.41) is 24.2. The van der Waals surface area contributed by atoms with Gasteiger partial charge in [-0.25, -0.2) is 9.97 Å². The van der Waals surface area contributed by atoms with Crippen molar-refractivity contribution in [3.63, 3.8) is 0 Å². The van der Waals surface area contributed by atoms with Gasteiger partial charge in [-0.3, -0.25) is 0 Å². The molecule has 0 N–H and O–H groups in total. The van der Waals surface area contributed by atoms with E-state index in [0.717, 1.165) is 33.3 Å². The third-order valence-electron chi connectivity index (χ3n) is 5.58. The van der Waals surface area contributed by atoms with Crippen LogP contribution >= 0.6 is 0 Å². The summed E-state index contributed by atoms with van der Waals surface area (Å²) >= 11 is 0. The number of hydrogen-bond acceptors (Lipinski definition) is 6. The molecule has 0 fully saturated rings. The van der Waals surface area contributed by atoms with Crippen LogP contribution in [0.2, 0.25) is 0 Å². The van der Waals surface area contributed by atoms with Gasteiger partial charge in [0.05, 0.1) is 5.52 Å². The molecule has 0 amide bonds. The molecule has 0 spiro atoms. The molecule has 0 saturated heterocycles. The Morgan fingerprint density at radius 1 is 0.571 bits per heavy atom. The van der Waals surface area contributed by atoms with Crippen LogP contribution in [0.4, 0.5) is 0 Å². The van der Waals surface area contributed by atoms with Crippen LogP contribution in [0.25, 0.3) is 44.8 Å². The van der Waals surface area contributed by atoms with Gasteiger partial charge in [-0.2, -0.15) is 0 Å². The maximum Gasteiger partial charge on any atom is 0.270 e. The summed E-state index contributed by atoms with van der Waals surface area (Å²) in [6, 6.07) is 30.8. The second kappa shape index (κ2) is 9.61. The maximum absolute atomic E-state index is 11.9. The van der Waals surface area contributed by atoms with Crippen molar-refractivity contribution in [3.05, 3.63) is 113 Å². The summed E-state index contributed by atoms with van der Waals surface area (Å²) < 4.78 is 0. The van der Waals surface area contributed by atoms with Gasteiger partial charge in [0.1, 0.15) is 11.0 Å². The first kappa shape index (κ1) is 22.0. The van der Waals surface area contributed by atoms with Crippen molar-refractivity contribution in [1.29, 1.82) is 0 Å². The van der Waals surface area contributed by atoms with Crippen LogP contribution in [-0.4, -0.2) is 25.3 Å².